The van der Waals surface area contributed by atoms with Gasteiger partial charge in [0.2, 0.25) is 0 Å². The molecular weight excluding hydrogens is 358 g/mol. The number of carbonyl (C=O) groups excluding carboxylic acids is 1. The van der Waals surface area contributed by atoms with Gasteiger partial charge >= 0.3 is 0 Å². The number of nitrogens with one attached hydrogen (secondary N) is 1. The molecule has 0 bridgehead atoms. The van der Waals surface area contributed by atoms with E-state index < -0.39 is 0 Å². The van der Waals surface area contributed by atoms with Gasteiger partial charge in [-0.05, 0) is 43.2 Å². The minimum Gasteiger partial charge on any atom is -0.451 e. The van der Waals surface area contributed by atoms with Crippen molar-refractivity contribution in [2.45, 2.75) is 42.4 Å². The van der Waals surface area contributed by atoms with Crippen LogP contribution in [-0.2, 0) is 11.3 Å². The summed E-state index contributed by atoms with van der Waals surface area (Å²) in [4.78, 5) is 14.0. The van der Waals surface area contributed by atoms with E-state index in [4.69, 9.17) is 9.15 Å². The molecule has 1 heterocycles. The minimum absolute atomic E-state index is 0.255. The zero-order valence-electron chi connectivity index (χ0n) is 15.4. The van der Waals surface area contributed by atoms with Crippen molar-refractivity contribution in [1.29, 1.82) is 0 Å². The van der Waals surface area contributed by atoms with Crippen molar-refractivity contribution in [3.05, 3.63) is 59.9 Å². The second-order valence-corrected chi connectivity index (χ2v) is 8.22. The summed E-state index contributed by atoms with van der Waals surface area (Å²) in [6.45, 7) is 0.330. The molecule has 0 saturated heterocycles. The second kappa shape index (κ2) is 8.19. The summed E-state index contributed by atoms with van der Waals surface area (Å²) in [5.74, 6) is 0.0527. The van der Waals surface area contributed by atoms with Crippen LogP contribution in [0.4, 0.5) is 5.69 Å². The first-order chi connectivity index (χ1) is 13.2. The Hall–Kier alpha value is -2.24. The van der Waals surface area contributed by atoms with E-state index in [2.05, 4.69) is 17.4 Å². The lowest BCUT2D eigenvalue weighted by molar-refractivity contribution is 0.0992. The van der Waals surface area contributed by atoms with Crippen LogP contribution in [0.1, 0.15) is 41.8 Å². The number of ether oxygens (including phenoxy) is 1. The second-order valence-electron chi connectivity index (χ2n) is 6.84. The maximum Gasteiger partial charge on any atom is 0.291 e. The highest BCUT2D eigenvalue weighted by Crippen LogP contribution is 2.35. The zero-order valence-corrected chi connectivity index (χ0v) is 16.2. The predicted molar refractivity (Wildman–Crippen MR) is 109 cm³/mol. The molecule has 27 heavy (non-hydrogen) atoms. The lowest BCUT2D eigenvalue weighted by atomic mass is 10.1. The Labute approximate surface area is 163 Å². The normalized spacial score (nSPS) is 14.7. The van der Waals surface area contributed by atoms with Gasteiger partial charge in [-0.15, -0.1) is 11.8 Å². The fourth-order valence-electron chi connectivity index (χ4n) is 3.57. The van der Waals surface area contributed by atoms with Gasteiger partial charge < -0.3 is 14.5 Å². The van der Waals surface area contributed by atoms with Gasteiger partial charge in [0.25, 0.3) is 5.91 Å². The number of carbonyl (C=O) groups is 1. The number of thioether (sulfide) groups is 1. The number of anilines is 1. The molecule has 0 aliphatic heterocycles. The highest BCUT2D eigenvalue weighted by Gasteiger charge is 2.21. The number of para-hydroxylation sites is 1. The number of hydrogen-bond donors (Lipinski definition) is 1. The van der Waals surface area contributed by atoms with E-state index in [1.165, 1.54) is 30.6 Å². The van der Waals surface area contributed by atoms with Crippen molar-refractivity contribution in [2.75, 3.05) is 12.4 Å². The van der Waals surface area contributed by atoms with Crippen LogP contribution < -0.4 is 5.32 Å². The lowest BCUT2D eigenvalue weighted by Crippen LogP contribution is -2.13. The molecule has 2 aromatic carbocycles. The summed E-state index contributed by atoms with van der Waals surface area (Å²) in [6, 6.07) is 15.7. The Morgan fingerprint density at radius 2 is 1.89 bits per heavy atom. The SMILES string of the molecule is COCc1c(C(=O)Nc2ccc(SC3CCCC3)cc2)oc2ccccc12. The maximum atomic E-state index is 12.8. The molecule has 1 saturated carbocycles. The van der Waals surface area contributed by atoms with Crippen molar-refractivity contribution in [3.63, 3.8) is 0 Å². The Balaban J connectivity index is 1.50. The topological polar surface area (TPSA) is 51.5 Å². The third-order valence-corrected chi connectivity index (χ3v) is 6.26. The molecule has 0 radical (unpaired) electrons. The number of hydrogen-bond acceptors (Lipinski definition) is 4. The summed E-state index contributed by atoms with van der Waals surface area (Å²) >= 11 is 1.94. The lowest BCUT2D eigenvalue weighted by Gasteiger charge is -2.10. The highest BCUT2D eigenvalue weighted by molar-refractivity contribution is 8.00. The first-order valence-corrected chi connectivity index (χ1v) is 10.2. The maximum absolute atomic E-state index is 12.8. The monoisotopic (exact) mass is 381 g/mol. The molecule has 1 aliphatic rings. The Morgan fingerprint density at radius 1 is 1.15 bits per heavy atom. The van der Waals surface area contributed by atoms with Crippen molar-refractivity contribution in [1.82, 2.24) is 0 Å². The third-order valence-electron chi connectivity index (χ3n) is 4.91. The van der Waals surface area contributed by atoms with E-state index in [9.17, 15) is 4.79 Å². The fourth-order valence-corrected chi connectivity index (χ4v) is 4.82. The average Bonchev–Trinajstić information content (AvgIpc) is 3.32. The van der Waals surface area contributed by atoms with Crippen LogP contribution in [0.5, 0.6) is 0 Å². The van der Waals surface area contributed by atoms with E-state index >= 15 is 0 Å². The quantitative estimate of drug-likeness (QED) is 0.580. The van der Waals surface area contributed by atoms with E-state index in [0.717, 1.165) is 21.9 Å². The molecular formula is C22H23NO3S. The van der Waals surface area contributed by atoms with Crippen LogP contribution >= 0.6 is 11.8 Å². The predicted octanol–water partition coefficient (Wildman–Crippen LogP) is 5.87. The molecule has 1 amide bonds. The molecule has 140 valence electrons. The van der Waals surface area contributed by atoms with Crippen molar-refractivity contribution in [3.8, 4) is 0 Å². The Morgan fingerprint density at radius 3 is 2.63 bits per heavy atom. The van der Waals surface area contributed by atoms with Gasteiger partial charge in [-0.1, -0.05) is 31.0 Å². The number of methoxy groups -OCH3 is 1. The van der Waals surface area contributed by atoms with Crippen molar-refractivity contribution >= 4 is 34.3 Å². The van der Waals surface area contributed by atoms with Crippen molar-refractivity contribution < 1.29 is 13.9 Å². The van der Waals surface area contributed by atoms with Crippen LogP contribution in [0.25, 0.3) is 11.0 Å². The standard InChI is InChI=1S/C22H23NO3S/c1-25-14-19-18-8-4-5-9-20(18)26-21(19)22(24)23-15-10-12-17(13-11-15)27-16-6-2-3-7-16/h4-5,8-13,16H,2-3,6-7,14H2,1H3,(H,23,24). The molecule has 0 unspecified atom stereocenters. The van der Waals surface area contributed by atoms with Gasteiger partial charge in [-0.25, -0.2) is 0 Å². The van der Waals surface area contributed by atoms with Gasteiger partial charge in [-0.3, -0.25) is 4.79 Å². The van der Waals surface area contributed by atoms with Gasteiger partial charge in [0.1, 0.15) is 5.58 Å². The van der Waals surface area contributed by atoms with Gasteiger partial charge in [-0.2, -0.15) is 0 Å². The van der Waals surface area contributed by atoms with E-state index in [-0.39, 0.29) is 5.91 Å². The molecule has 1 aliphatic carbocycles. The van der Waals surface area contributed by atoms with Crippen LogP contribution in [0.15, 0.2) is 57.8 Å². The number of benzene rings is 2. The van der Waals surface area contributed by atoms with Crippen LogP contribution in [0.3, 0.4) is 0 Å². The molecule has 4 rings (SSSR count). The zero-order chi connectivity index (χ0) is 18.6. The van der Waals surface area contributed by atoms with Gasteiger partial charge in [0.05, 0.1) is 6.61 Å². The number of fused-ring (bicyclic) bond motifs is 1. The first kappa shape index (κ1) is 18.1. The number of rotatable bonds is 6. The summed E-state index contributed by atoms with van der Waals surface area (Å²) in [6.07, 6.45) is 5.29. The summed E-state index contributed by atoms with van der Waals surface area (Å²) in [7, 11) is 1.62. The minimum atomic E-state index is -0.255. The summed E-state index contributed by atoms with van der Waals surface area (Å²) < 4.78 is 11.1. The molecule has 4 nitrogen and oxygen atoms in total. The van der Waals surface area contributed by atoms with E-state index in [0.29, 0.717) is 18.0 Å². The smallest absolute Gasteiger partial charge is 0.291 e. The van der Waals surface area contributed by atoms with Gasteiger partial charge in [0.15, 0.2) is 5.76 Å². The number of furan rings is 1. The average molecular weight is 381 g/mol. The number of amides is 1. The van der Waals surface area contributed by atoms with Crippen LogP contribution in [-0.4, -0.2) is 18.3 Å². The van der Waals surface area contributed by atoms with E-state index in [1.54, 1.807) is 7.11 Å². The highest BCUT2D eigenvalue weighted by atomic mass is 32.2. The fraction of sp³-hybridized carbons (Fsp3) is 0.318. The van der Waals surface area contributed by atoms with Gasteiger partial charge in [0, 0.05) is 33.9 Å². The molecule has 1 N–H and O–H groups in total. The first-order valence-electron chi connectivity index (χ1n) is 9.32. The van der Waals surface area contributed by atoms with Crippen LogP contribution in [0, 0.1) is 0 Å². The molecule has 0 atom stereocenters. The molecule has 5 heteroatoms. The Kier molecular flexibility index (Phi) is 5.50. The molecule has 0 spiro atoms. The molecule has 1 fully saturated rings. The summed E-state index contributed by atoms with van der Waals surface area (Å²) in [5, 5.41) is 4.59. The van der Waals surface area contributed by atoms with Crippen molar-refractivity contribution in [2.24, 2.45) is 0 Å². The summed E-state index contributed by atoms with van der Waals surface area (Å²) in [5.41, 5.74) is 2.23. The van der Waals surface area contributed by atoms with E-state index in [1.807, 2.05) is 48.2 Å². The molecule has 3 aromatic rings. The Bertz CT molecular complexity index is 926. The largest absolute Gasteiger partial charge is 0.451 e. The third kappa shape index (κ3) is 4.04. The van der Waals surface area contributed by atoms with Crippen LogP contribution in [0.2, 0.25) is 0 Å². The molecule has 1 aromatic heterocycles.